The Bertz CT molecular complexity index is 279. The number of allylic oxidation sites excluding steroid dienone is 3. The van der Waals surface area contributed by atoms with E-state index in [-0.39, 0.29) is 6.61 Å². The molecule has 0 fully saturated rings. The molecule has 0 bridgehead atoms. The van der Waals surface area contributed by atoms with Crippen molar-refractivity contribution in [2.24, 2.45) is 0 Å². The first-order valence-corrected chi connectivity index (χ1v) is 5.86. The molecule has 0 amide bonds. The average molecular weight is 240 g/mol. The van der Waals surface area contributed by atoms with Crippen molar-refractivity contribution in [1.82, 2.24) is 0 Å². The maximum Gasteiger partial charge on any atom is 0.317 e. The first kappa shape index (κ1) is 15.4. The molecule has 4 nitrogen and oxygen atoms in total. The lowest BCUT2D eigenvalue weighted by Crippen LogP contribution is -2.10. The summed E-state index contributed by atoms with van der Waals surface area (Å²) >= 11 is 0. The Morgan fingerprint density at radius 1 is 1.18 bits per heavy atom. The number of carbonyl (C=O) groups is 2. The summed E-state index contributed by atoms with van der Waals surface area (Å²) in [4.78, 5) is 20.9. The predicted octanol–water partition coefficient (Wildman–Crippen LogP) is 2.70. The summed E-state index contributed by atoms with van der Waals surface area (Å²) in [5, 5.41) is 8.30. The van der Waals surface area contributed by atoms with Gasteiger partial charge in [-0.05, 0) is 18.9 Å². The van der Waals surface area contributed by atoms with Gasteiger partial charge in [-0.2, -0.15) is 0 Å². The van der Waals surface area contributed by atoms with Gasteiger partial charge in [0, 0.05) is 0 Å². The van der Waals surface area contributed by atoms with E-state index in [4.69, 9.17) is 5.11 Å². The van der Waals surface area contributed by atoms with Gasteiger partial charge in [-0.15, -0.1) is 0 Å². The Balaban J connectivity index is 3.47. The lowest BCUT2D eigenvalue weighted by molar-refractivity contribution is -0.150. The fraction of sp³-hybridized carbons (Fsp3) is 0.538. The Morgan fingerprint density at radius 3 is 2.53 bits per heavy atom. The number of carboxylic acid groups (broad SMARTS) is 1. The predicted molar refractivity (Wildman–Crippen MR) is 65.6 cm³/mol. The molecule has 96 valence electrons. The molecule has 0 aliphatic heterocycles. The van der Waals surface area contributed by atoms with E-state index < -0.39 is 18.4 Å². The number of aliphatic carboxylic acids is 1. The fourth-order valence-electron chi connectivity index (χ4n) is 1.14. The molecule has 0 unspecified atom stereocenters. The molecule has 0 saturated carbocycles. The summed E-state index contributed by atoms with van der Waals surface area (Å²) in [5.74, 6) is -1.89. The van der Waals surface area contributed by atoms with Crippen LogP contribution >= 0.6 is 0 Å². The third kappa shape index (κ3) is 12.4. The van der Waals surface area contributed by atoms with E-state index in [2.05, 4.69) is 17.7 Å². The highest BCUT2D eigenvalue weighted by molar-refractivity contribution is 5.90. The third-order valence-corrected chi connectivity index (χ3v) is 1.99. The van der Waals surface area contributed by atoms with Gasteiger partial charge >= 0.3 is 11.9 Å². The van der Waals surface area contributed by atoms with Gasteiger partial charge < -0.3 is 9.84 Å². The van der Waals surface area contributed by atoms with Gasteiger partial charge in [0.2, 0.25) is 0 Å². The lowest BCUT2D eigenvalue weighted by atomic mass is 10.2. The van der Waals surface area contributed by atoms with Crippen LogP contribution in [0.5, 0.6) is 0 Å². The molecule has 0 aromatic carbocycles. The second-order valence-corrected chi connectivity index (χ2v) is 3.61. The first-order valence-electron chi connectivity index (χ1n) is 5.86. The van der Waals surface area contributed by atoms with Crippen LogP contribution in [0.3, 0.4) is 0 Å². The zero-order valence-electron chi connectivity index (χ0n) is 10.2. The van der Waals surface area contributed by atoms with E-state index in [1.807, 2.05) is 6.08 Å². The van der Waals surface area contributed by atoms with Gasteiger partial charge in [-0.3, -0.25) is 9.59 Å². The summed E-state index contributed by atoms with van der Waals surface area (Å²) in [6, 6.07) is 0. The van der Waals surface area contributed by atoms with E-state index in [1.54, 1.807) is 12.2 Å². The number of rotatable bonds is 9. The minimum absolute atomic E-state index is 0.116. The summed E-state index contributed by atoms with van der Waals surface area (Å²) in [7, 11) is 0. The van der Waals surface area contributed by atoms with Crippen LogP contribution in [0.1, 0.15) is 39.0 Å². The van der Waals surface area contributed by atoms with Crippen LogP contribution < -0.4 is 0 Å². The highest BCUT2D eigenvalue weighted by Gasteiger charge is 2.06. The summed E-state index contributed by atoms with van der Waals surface area (Å²) in [6.45, 7) is 2.28. The molecule has 0 aliphatic carbocycles. The lowest BCUT2D eigenvalue weighted by Gasteiger charge is -1.97. The number of ether oxygens (including phenoxy) is 1. The summed E-state index contributed by atoms with van der Waals surface area (Å²) < 4.78 is 4.66. The maximum absolute atomic E-state index is 10.8. The fourth-order valence-corrected chi connectivity index (χ4v) is 1.14. The highest BCUT2D eigenvalue weighted by atomic mass is 16.5. The summed E-state index contributed by atoms with van der Waals surface area (Å²) in [6.07, 6.45) is 11.5. The minimum atomic E-state index is -1.17. The van der Waals surface area contributed by atoms with Gasteiger partial charge in [0.25, 0.3) is 0 Å². The standard InChI is InChI=1S/C13H20O4/c1-2-3-4-5-6-7-8-9-10-17-13(16)11-12(14)15/h6-9H,2-5,10-11H2,1H3,(H,14,15). The molecule has 0 saturated heterocycles. The molecule has 4 heteroatoms. The van der Waals surface area contributed by atoms with Crippen molar-refractivity contribution in [3.8, 4) is 0 Å². The molecule has 17 heavy (non-hydrogen) atoms. The number of hydrogen-bond acceptors (Lipinski definition) is 3. The molecule has 1 N–H and O–H groups in total. The number of hydrogen-bond donors (Lipinski definition) is 1. The monoisotopic (exact) mass is 240 g/mol. The first-order chi connectivity index (χ1) is 8.16. The van der Waals surface area contributed by atoms with Crippen LogP contribution in [0, 0.1) is 0 Å². The smallest absolute Gasteiger partial charge is 0.317 e. The molecule has 0 radical (unpaired) electrons. The normalized spacial score (nSPS) is 11.1. The largest absolute Gasteiger partial charge is 0.481 e. The third-order valence-electron chi connectivity index (χ3n) is 1.99. The second-order valence-electron chi connectivity index (χ2n) is 3.61. The highest BCUT2D eigenvalue weighted by Crippen LogP contribution is 1.99. The van der Waals surface area contributed by atoms with Gasteiger partial charge in [-0.25, -0.2) is 0 Å². The van der Waals surface area contributed by atoms with E-state index in [0.29, 0.717) is 0 Å². The van der Waals surface area contributed by atoms with Crippen molar-refractivity contribution < 1.29 is 19.4 Å². The van der Waals surface area contributed by atoms with E-state index >= 15 is 0 Å². The van der Waals surface area contributed by atoms with Gasteiger partial charge in [0.05, 0.1) is 0 Å². The molecule has 0 rings (SSSR count). The quantitative estimate of drug-likeness (QED) is 0.291. The number of carbonyl (C=O) groups excluding carboxylic acids is 1. The number of carboxylic acids is 1. The van der Waals surface area contributed by atoms with Crippen LogP contribution in [0.4, 0.5) is 0 Å². The van der Waals surface area contributed by atoms with Gasteiger partial charge in [0.15, 0.2) is 0 Å². The molecule has 0 heterocycles. The van der Waals surface area contributed by atoms with Crippen LogP contribution in [0.2, 0.25) is 0 Å². The molecular weight excluding hydrogens is 220 g/mol. The molecule has 0 aliphatic rings. The van der Waals surface area contributed by atoms with Crippen molar-refractivity contribution in [3.63, 3.8) is 0 Å². The Kier molecular flexibility index (Phi) is 9.91. The van der Waals surface area contributed by atoms with Gasteiger partial charge in [-0.1, -0.05) is 38.0 Å². The Labute approximate surface area is 102 Å². The van der Waals surface area contributed by atoms with Crippen LogP contribution in [-0.4, -0.2) is 23.7 Å². The van der Waals surface area contributed by atoms with E-state index in [1.165, 1.54) is 19.3 Å². The Morgan fingerprint density at radius 2 is 1.88 bits per heavy atom. The number of esters is 1. The zero-order valence-corrected chi connectivity index (χ0v) is 10.2. The van der Waals surface area contributed by atoms with Crippen molar-refractivity contribution in [1.29, 1.82) is 0 Å². The molecule has 0 spiro atoms. The SMILES string of the molecule is CCCCCC=CC=CCOC(=O)CC(=O)O. The topological polar surface area (TPSA) is 63.6 Å². The summed E-state index contributed by atoms with van der Waals surface area (Å²) in [5.41, 5.74) is 0. The van der Waals surface area contributed by atoms with Crippen LogP contribution in [0.15, 0.2) is 24.3 Å². The minimum Gasteiger partial charge on any atom is -0.481 e. The molecule has 0 atom stereocenters. The average Bonchev–Trinajstić information content (AvgIpc) is 2.26. The van der Waals surface area contributed by atoms with Crippen LogP contribution in [-0.2, 0) is 14.3 Å². The molecule has 0 aromatic rings. The van der Waals surface area contributed by atoms with Crippen LogP contribution in [0.25, 0.3) is 0 Å². The zero-order chi connectivity index (χ0) is 12.9. The van der Waals surface area contributed by atoms with Gasteiger partial charge in [0.1, 0.15) is 13.0 Å². The van der Waals surface area contributed by atoms with Crippen molar-refractivity contribution in [2.45, 2.75) is 39.0 Å². The van der Waals surface area contributed by atoms with E-state index in [9.17, 15) is 9.59 Å². The van der Waals surface area contributed by atoms with Crippen molar-refractivity contribution in [2.75, 3.05) is 6.61 Å². The Hall–Kier alpha value is -1.58. The number of unbranched alkanes of at least 4 members (excludes halogenated alkanes) is 3. The molecule has 0 aromatic heterocycles. The van der Waals surface area contributed by atoms with Crippen molar-refractivity contribution >= 4 is 11.9 Å². The van der Waals surface area contributed by atoms with E-state index in [0.717, 1.165) is 6.42 Å². The molecular formula is C13H20O4. The second kappa shape index (κ2) is 10.9. The van der Waals surface area contributed by atoms with Crippen molar-refractivity contribution in [3.05, 3.63) is 24.3 Å². The maximum atomic E-state index is 10.8.